The number of carbonyl (C=O) groups is 2. The summed E-state index contributed by atoms with van der Waals surface area (Å²) in [6.07, 6.45) is 0.0527. The van der Waals surface area contributed by atoms with Gasteiger partial charge in [0.05, 0.1) is 18.6 Å². The van der Waals surface area contributed by atoms with Crippen LogP contribution in [0.1, 0.15) is 23.7 Å². The topological polar surface area (TPSA) is 124 Å². The third-order valence-electron chi connectivity index (χ3n) is 2.31. The van der Waals surface area contributed by atoms with Crippen LogP contribution in [0.25, 0.3) is 10.4 Å². The molecule has 20 heavy (non-hydrogen) atoms. The standard InChI is InChI=1S/C12H14N4O4/c1-2-20-11(18)5-6-14-12(19)9-4-3-8(15-16-13)7-10(9)17/h3-4,7,17H,2,5-6H2,1H3,(H,14,19). The molecule has 1 amide bonds. The molecule has 0 bridgehead atoms. The Kier molecular flexibility index (Phi) is 5.86. The van der Waals surface area contributed by atoms with E-state index in [1.54, 1.807) is 6.92 Å². The molecule has 0 heterocycles. The average Bonchev–Trinajstić information content (AvgIpc) is 2.39. The molecule has 0 aliphatic heterocycles. The smallest absolute Gasteiger partial charge is 0.307 e. The molecule has 1 aromatic rings. The number of rotatable bonds is 6. The van der Waals surface area contributed by atoms with Gasteiger partial charge >= 0.3 is 5.97 Å². The molecule has 0 aromatic heterocycles. The summed E-state index contributed by atoms with van der Waals surface area (Å²) in [7, 11) is 0. The second-order valence-corrected chi connectivity index (χ2v) is 3.70. The maximum absolute atomic E-state index is 11.7. The van der Waals surface area contributed by atoms with Gasteiger partial charge in [0, 0.05) is 17.1 Å². The Bertz CT molecular complexity index is 552. The number of hydrogen-bond donors (Lipinski definition) is 2. The van der Waals surface area contributed by atoms with Crippen molar-refractivity contribution in [3.05, 3.63) is 34.2 Å². The number of benzene rings is 1. The molecule has 8 heteroatoms. The summed E-state index contributed by atoms with van der Waals surface area (Å²) in [5.41, 5.74) is 8.49. The van der Waals surface area contributed by atoms with Crippen molar-refractivity contribution in [2.45, 2.75) is 13.3 Å². The molecule has 0 saturated heterocycles. The van der Waals surface area contributed by atoms with Crippen LogP contribution in [-0.4, -0.2) is 30.1 Å². The zero-order valence-electron chi connectivity index (χ0n) is 10.9. The van der Waals surface area contributed by atoms with Crippen molar-refractivity contribution in [3.63, 3.8) is 0 Å². The van der Waals surface area contributed by atoms with Crippen molar-refractivity contribution in [1.29, 1.82) is 0 Å². The lowest BCUT2D eigenvalue weighted by Gasteiger charge is -2.07. The SMILES string of the molecule is CCOC(=O)CCNC(=O)c1ccc(N=[N+]=[N-])cc1O. The predicted molar refractivity (Wildman–Crippen MR) is 70.5 cm³/mol. The summed E-state index contributed by atoms with van der Waals surface area (Å²) in [5.74, 6) is -1.24. The van der Waals surface area contributed by atoms with Crippen LogP contribution in [-0.2, 0) is 9.53 Å². The summed E-state index contributed by atoms with van der Waals surface area (Å²) in [6.45, 7) is 2.09. The summed E-state index contributed by atoms with van der Waals surface area (Å²) >= 11 is 0. The highest BCUT2D eigenvalue weighted by Gasteiger charge is 2.11. The van der Waals surface area contributed by atoms with Crippen LogP contribution in [0.15, 0.2) is 23.3 Å². The van der Waals surface area contributed by atoms with E-state index in [1.807, 2.05) is 0 Å². The fraction of sp³-hybridized carbons (Fsp3) is 0.333. The molecule has 0 radical (unpaired) electrons. The lowest BCUT2D eigenvalue weighted by molar-refractivity contribution is -0.142. The zero-order valence-corrected chi connectivity index (χ0v) is 10.9. The van der Waals surface area contributed by atoms with E-state index >= 15 is 0 Å². The van der Waals surface area contributed by atoms with Gasteiger partial charge in [0.2, 0.25) is 0 Å². The van der Waals surface area contributed by atoms with Crippen LogP contribution >= 0.6 is 0 Å². The van der Waals surface area contributed by atoms with Crippen molar-refractivity contribution in [3.8, 4) is 5.75 Å². The third-order valence-corrected chi connectivity index (χ3v) is 2.31. The minimum atomic E-state index is -0.528. The molecule has 8 nitrogen and oxygen atoms in total. The number of ether oxygens (including phenoxy) is 1. The number of aromatic hydroxyl groups is 1. The molecule has 2 N–H and O–H groups in total. The second kappa shape index (κ2) is 7.65. The van der Waals surface area contributed by atoms with Crippen LogP contribution in [0.2, 0.25) is 0 Å². The van der Waals surface area contributed by atoms with Crippen LogP contribution in [0.3, 0.4) is 0 Å². The maximum Gasteiger partial charge on any atom is 0.307 e. The molecule has 1 aromatic carbocycles. The van der Waals surface area contributed by atoms with Gasteiger partial charge in [0.25, 0.3) is 5.91 Å². The van der Waals surface area contributed by atoms with Crippen molar-refractivity contribution >= 4 is 17.6 Å². The molecule has 106 valence electrons. The van der Waals surface area contributed by atoms with Crippen LogP contribution in [0.4, 0.5) is 5.69 Å². The van der Waals surface area contributed by atoms with Crippen molar-refractivity contribution in [2.24, 2.45) is 5.11 Å². The average molecular weight is 278 g/mol. The number of nitrogens with zero attached hydrogens (tertiary/aromatic N) is 3. The quantitative estimate of drug-likeness (QED) is 0.357. The fourth-order valence-electron chi connectivity index (χ4n) is 1.43. The van der Waals surface area contributed by atoms with Gasteiger partial charge < -0.3 is 15.2 Å². The molecule has 0 aliphatic carbocycles. The highest BCUT2D eigenvalue weighted by molar-refractivity contribution is 5.97. The van der Waals surface area contributed by atoms with Gasteiger partial charge in [-0.15, -0.1) is 0 Å². The number of hydrogen-bond acceptors (Lipinski definition) is 5. The lowest BCUT2D eigenvalue weighted by atomic mass is 10.1. The van der Waals surface area contributed by atoms with Gasteiger partial charge in [0.15, 0.2) is 0 Å². The molecule has 0 aliphatic rings. The second-order valence-electron chi connectivity index (χ2n) is 3.70. The van der Waals surface area contributed by atoms with E-state index in [0.717, 1.165) is 0 Å². The molecule has 0 fully saturated rings. The Morgan fingerprint density at radius 1 is 1.50 bits per heavy atom. The molecule has 0 unspecified atom stereocenters. The molecular weight excluding hydrogens is 264 g/mol. The molecule has 0 atom stereocenters. The maximum atomic E-state index is 11.7. The lowest BCUT2D eigenvalue weighted by Crippen LogP contribution is -2.26. The van der Waals surface area contributed by atoms with E-state index in [9.17, 15) is 14.7 Å². The summed E-state index contributed by atoms with van der Waals surface area (Å²) < 4.78 is 4.71. The van der Waals surface area contributed by atoms with Gasteiger partial charge in [0.1, 0.15) is 5.75 Å². The molecule has 0 saturated carbocycles. The summed E-state index contributed by atoms with van der Waals surface area (Å²) in [5, 5.41) is 15.4. The monoisotopic (exact) mass is 278 g/mol. The Hall–Kier alpha value is -2.73. The Labute approximate surface area is 115 Å². The van der Waals surface area contributed by atoms with E-state index in [1.165, 1.54) is 18.2 Å². The first-order valence-electron chi connectivity index (χ1n) is 5.90. The first-order chi connectivity index (χ1) is 9.58. The zero-order chi connectivity index (χ0) is 15.0. The van der Waals surface area contributed by atoms with Gasteiger partial charge in [-0.3, -0.25) is 9.59 Å². The van der Waals surface area contributed by atoms with E-state index < -0.39 is 11.9 Å². The van der Waals surface area contributed by atoms with E-state index in [0.29, 0.717) is 0 Å². The Balaban J connectivity index is 2.59. The Morgan fingerprint density at radius 3 is 2.85 bits per heavy atom. The van der Waals surface area contributed by atoms with Gasteiger partial charge in [-0.2, -0.15) is 0 Å². The highest BCUT2D eigenvalue weighted by atomic mass is 16.5. The highest BCUT2D eigenvalue weighted by Crippen LogP contribution is 2.23. The van der Waals surface area contributed by atoms with E-state index in [4.69, 9.17) is 10.3 Å². The van der Waals surface area contributed by atoms with Gasteiger partial charge in [-0.25, -0.2) is 0 Å². The third kappa shape index (κ3) is 4.51. The molecule has 0 spiro atoms. The minimum Gasteiger partial charge on any atom is -0.507 e. The fourth-order valence-corrected chi connectivity index (χ4v) is 1.43. The number of esters is 1. The largest absolute Gasteiger partial charge is 0.507 e. The molecular formula is C12H14N4O4. The van der Waals surface area contributed by atoms with E-state index in [-0.39, 0.29) is 36.6 Å². The number of nitrogens with one attached hydrogen (secondary N) is 1. The number of phenolic OH excluding ortho intramolecular Hbond substituents is 1. The summed E-state index contributed by atoms with van der Waals surface area (Å²) in [4.78, 5) is 25.4. The number of amides is 1. The summed E-state index contributed by atoms with van der Waals surface area (Å²) in [6, 6.07) is 3.92. The van der Waals surface area contributed by atoms with Crippen molar-refractivity contribution < 1.29 is 19.4 Å². The number of carbonyl (C=O) groups excluding carboxylic acids is 2. The Morgan fingerprint density at radius 2 is 2.25 bits per heavy atom. The van der Waals surface area contributed by atoms with Gasteiger partial charge in [-0.1, -0.05) is 11.2 Å². The van der Waals surface area contributed by atoms with Crippen LogP contribution < -0.4 is 5.32 Å². The first-order valence-corrected chi connectivity index (χ1v) is 5.90. The van der Waals surface area contributed by atoms with Crippen LogP contribution in [0.5, 0.6) is 5.75 Å². The van der Waals surface area contributed by atoms with Crippen molar-refractivity contribution in [2.75, 3.05) is 13.2 Å². The molecule has 1 rings (SSSR count). The van der Waals surface area contributed by atoms with E-state index in [2.05, 4.69) is 15.3 Å². The minimum absolute atomic E-state index is 0.0331. The first kappa shape index (κ1) is 15.3. The van der Waals surface area contributed by atoms with Crippen LogP contribution in [0, 0.1) is 0 Å². The number of phenols is 1. The van der Waals surface area contributed by atoms with Gasteiger partial charge in [-0.05, 0) is 24.6 Å². The predicted octanol–water partition coefficient (Wildman–Crippen LogP) is 2.02. The normalized spacial score (nSPS) is 9.45. The number of azide groups is 1. The van der Waals surface area contributed by atoms with Crippen molar-refractivity contribution in [1.82, 2.24) is 5.32 Å².